The molecule has 20 heavy (non-hydrogen) atoms. The molecule has 0 spiro atoms. The van der Waals surface area contributed by atoms with Crippen molar-refractivity contribution in [2.75, 3.05) is 7.05 Å². The molecule has 0 saturated carbocycles. The van der Waals surface area contributed by atoms with Gasteiger partial charge < -0.3 is 4.90 Å². The molecule has 0 fully saturated rings. The maximum Gasteiger partial charge on any atom is 0.287 e. The lowest BCUT2D eigenvalue weighted by molar-refractivity contribution is -0.384. The second-order valence-electron chi connectivity index (χ2n) is 4.22. The average molecular weight is 311 g/mol. The van der Waals surface area contributed by atoms with Gasteiger partial charge in [0.1, 0.15) is 5.02 Å². The molecule has 0 N–H and O–H groups in total. The zero-order chi connectivity index (χ0) is 14.7. The van der Waals surface area contributed by atoms with Crippen LogP contribution in [0.2, 0.25) is 5.02 Å². The predicted octanol–water partition coefficient (Wildman–Crippen LogP) is 3.58. The van der Waals surface area contributed by atoms with Crippen molar-refractivity contribution in [3.8, 4) is 0 Å². The lowest BCUT2D eigenvalue weighted by atomic mass is 10.1. The van der Waals surface area contributed by atoms with Crippen LogP contribution in [0.25, 0.3) is 0 Å². The minimum Gasteiger partial charge on any atom is -0.337 e. The Morgan fingerprint density at radius 2 is 2.20 bits per heavy atom. The van der Waals surface area contributed by atoms with E-state index >= 15 is 0 Å². The van der Waals surface area contributed by atoms with Crippen molar-refractivity contribution in [2.45, 2.75) is 6.54 Å². The molecule has 1 heterocycles. The number of thiophene rings is 1. The molecule has 0 unspecified atom stereocenters. The van der Waals surface area contributed by atoms with E-state index in [1.54, 1.807) is 23.3 Å². The number of halogens is 1. The van der Waals surface area contributed by atoms with E-state index in [0.717, 1.165) is 5.56 Å². The van der Waals surface area contributed by atoms with Crippen LogP contribution in [0, 0.1) is 10.1 Å². The summed E-state index contributed by atoms with van der Waals surface area (Å²) >= 11 is 7.37. The van der Waals surface area contributed by atoms with Crippen molar-refractivity contribution in [2.24, 2.45) is 0 Å². The van der Waals surface area contributed by atoms with E-state index in [4.69, 9.17) is 11.6 Å². The number of nitrogens with zero attached hydrogens (tertiary/aromatic N) is 2. The highest BCUT2D eigenvalue weighted by Gasteiger charge is 2.17. The molecule has 0 aliphatic heterocycles. The van der Waals surface area contributed by atoms with E-state index in [1.807, 2.05) is 16.8 Å². The Morgan fingerprint density at radius 3 is 2.75 bits per heavy atom. The molecule has 7 heteroatoms. The topological polar surface area (TPSA) is 63.5 Å². The second kappa shape index (κ2) is 6.02. The van der Waals surface area contributed by atoms with Crippen LogP contribution >= 0.6 is 22.9 Å². The normalized spacial score (nSPS) is 10.3. The second-order valence-corrected chi connectivity index (χ2v) is 5.40. The molecule has 1 aromatic carbocycles. The fraction of sp³-hybridized carbons (Fsp3) is 0.154. The molecule has 5 nitrogen and oxygen atoms in total. The van der Waals surface area contributed by atoms with Gasteiger partial charge in [0, 0.05) is 25.2 Å². The molecule has 0 aliphatic carbocycles. The van der Waals surface area contributed by atoms with Crippen molar-refractivity contribution >= 4 is 34.5 Å². The SMILES string of the molecule is CN(Cc1ccsc1)C(=O)c1ccc([N+](=O)[O-])c(Cl)c1. The quantitative estimate of drug-likeness (QED) is 0.640. The smallest absolute Gasteiger partial charge is 0.287 e. The zero-order valence-electron chi connectivity index (χ0n) is 10.6. The number of nitro groups is 1. The Balaban J connectivity index is 2.16. The van der Waals surface area contributed by atoms with Gasteiger partial charge in [0.05, 0.1) is 4.92 Å². The van der Waals surface area contributed by atoms with Crippen molar-refractivity contribution in [3.05, 3.63) is 61.3 Å². The van der Waals surface area contributed by atoms with Gasteiger partial charge in [-0.25, -0.2) is 0 Å². The monoisotopic (exact) mass is 310 g/mol. The van der Waals surface area contributed by atoms with Crippen LogP contribution in [-0.4, -0.2) is 22.8 Å². The van der Waals surface area contributed by atoms with Crippen molar-refractivity contribution < 1.29 is 9.72 Å². The average Bonchev–Trinajstić information content (AvgIpc) is 2.90. The Morgan fingerprint density at radius 1 is 1.45 bits per heavy atom. The van der Waals surface area contributed by atoms with Gasteiger partial charge in [-0.05, 0) is 34.5 Å². The Bertz CT molecular complexity index is 643. The minimum atomic E-state index is -0.578. The van der Waals surface area contributed by atoms with Crippen LogP contribution in [-0.2, 0) is 6.54 Å². The highest BCUT2D eigenvalue weighted by molar-refractivity contribution is 7.07. The van der Waals surface area contributed by atoms with E-state index in [1.165, 1.54) is 18.2 Å². The number of rotatable bonds is 4. The zero-order valence-corrected chi connectivity index (χ0v) is 12.1. The van der Waals surface area contributed by atoms with Crippen LogP contribution in [0.15, 0.2) is 35.0 Å². The van der Waals surface area contributed by atoms with Gasteiger partial charge in [0.15, 0.2) is 0 Å². The van der Waals surface area contributed by atoms with E-state index in [0.29, 0.717) is 12.1 Å². The van der Waals surface area contributed by atoms with Crippen LogP contribution < -0.4 is 0 Å². The minimum absolute atomic E-state index is 0.0372. The summed E-state index contributed by atoms with van der Waals surface area (Å²) in [7, 11) is 1.68. The van der Waals surface area contributed by atoms with Gasteiger partial charge >= 0.3 is 0 Å². The van der Waals surface area contributed by atoms with Crippen LogP contribution in [0.4, 0.5) is 5.69 Å². The third kappa shape index (κ3) is 3.15. The van der Waals surface area contributed by atoms with Crippen LogP contribution in [0.3, 0.4) is 0 Å². The number of hydrogen-bond acceptors (Lipinski definition) is 4. The molecule has 0 aliphatic rings. The summed E-state index contributed by atoms with van der Waals surface area (Å²) in [5, 5.41) is 14.5. The first kappa shape index (κ1) is 14.5. The number of carbonyl (C=O) groups excluding carboxylic acids is 1. The van der Waals surface area contributed by atoms with Gasteiger partial charge in [0.25, 0.3) is 11.6 Å². The third-order valence-corrected chi connectivity index (χ3v) is 3.77. The molecule has 2 rings (SSSR count). The lowest BCUT2D eigenvalue weighted by Gasteiger charge is -2.16. The maximum absolute atomic E-state index is 12.2. The van der Waals surface area contributed by atoms with Crippen molar-refractivity contribution in [1.82, 2.24) is 4.90 Å². The van der Waals surface area contributed by atoms with Crippen LogP contribution in [0.1, 0.15) is 15.9 Å². The molecule has 0 atom stereocenters. The summed E-state index contributed by atoms with van der Waals surface area (Å²) < 4.78 is 0. The first-order valence-electron chi connectivity index (χ1n) is 5.69. The Labute approximate surface area is 124 Å². The van der Waals surface area contributed by atoms with Gasteiger partial charge in [0.2, 0.25) is 0 Å². The molecule has 1 aromatic heterocycles. The summed E-state index contributed by atoms with van der Waals surface area (Å²) in [6, 6.07) is 5.92. The van der Waals surface area contributed by atoms with Crippen molar-refractivity contribution in [1.29, 1.82) is 0 Å². The third-order valence-electron chi connectivity index (χ3n) is 2.74. The number of benzene rings is 1. The van der Waals surface area contributed by atoms with Crippen LogP contribution in [0.5, 0.6) is 0 Å². The molecule has 0 saturated heterocycles. The summed E-state index contributed by atoms with van der Waals surface area (Å²) in [5.41, 5.74) is 1.17. The standard InChI is InChI=1S/C13H11ClN2O3S/c1-15(7-9-4-5-20-8-9)13(17)10-2-3-12(16(18)19)11(14)6-10/h2-6,8H,7H2,1H3. The van der Waals surface area contributed by atoms with Gasteiger partial charge in [-0.3, -0.25) is 14.9 Å². The molecular formula is C13H11ClN2O3S. The highest BCUT2D eigenvalue weighted by Crippen LogP contribution is 2.25. The van der Waals surface area contributed by atoms with Gasteiger partial charge in [-0.1, -0.05) is 11.6 Å². The highest BCUT2D eigenvalue weighted by atomic mass is 35.5. The number of nitro benzene ring substituents is 1. The van der Waals surface area contributed by atoms with Gasteiger partial charge in [-0.15, -0.1) is 0 Å². The first-order chi connectivity index (χ1) is 9.49. The largest absolute Gasteiger partial charge is 0.337 e. The molecule has 0 radical (unpaired) electrons. The van der Waals surface area contributed by atoms with E-state index in [2.05, 4.69) is 0 Å². The fourth-order valence-corrected chi connectivity index (χ4v) is 2.65. The summed E-state index contributed by atoms with van der Waals surface area (Å²) in [6.07, 6.45) is 0. The maximum atomic E-state index is 12.2. The number of carbonyl (C=O) groups is 1. The molecule has 1 amide bonds. The number of hydrogen-bond donors (Lipinski definition) is 0. The summed E-state index contributed by atoms with van der Waals surface area (Å²) in [6.45, 7) is 0.483. The van der Waals surface area contributed by atoms with E-state index in [-0.39, 0.29) is 16.6 Å². The number of amides is 1. The molecule has 2 aromatic rings. The molecule has 0 bridgehead atoms. The predicted molar refractivity (Wildman–Crippen MR) is 78.2 cm³/mol. The van der Waals surface area contributed by atoms with Gasteiger partial charge in [-0.2, -0.15) is 11.3 Å². The fourth-order valence-electron chi connectivity index (χ4n) is 1.74. The van der Waals surface area contributed by atoms with E-state index < -0.39 is 4.92 Å². The van der Waals surface area contributed by atoms with Crippen molar-refractivity contribution in [3.63, 3.8) is 0 Å². The summed E-state index contributed by atoms with van der Waals surface area (Å²) in [4.78, 5) is 23.8. The molecule has 104 valence electrons. The van der Waals surface area contributed by atoms with E-state index in [9.17, 15) is 14.9 Å². The lowest BCUT2D eigenvalue weighted by Crippen LogP contribution is -2.25. The Hall–Kier alpha value is -1.92. The summed E-state index contributed by atoms with van der Waals surface area (Å²) in [5.74, 6) is -0.229. The molecular weight excluding hydrogens is 300 g/mol. The Kier molecular flexibility index (Phi) is 4.36. The first-order valence-corrected chi connectivity index (χ1v) is 7.01.